The van der Waals surface area contributed by atoms with Crippen LogP contribution in [0.4, 0.5) is 4.39 Å². The number of aromatic amines is 1. The summed E-state index contributed by atoms with van der Waals surface area (Å²) < 4.78 is 13.5. The largest absolute Gasteiger partial charge is 0.358 e. The number of rotatable bonds is 0. The first-order valence-electron chi connectivity index (χ1n) is 5.82. The van der Waals surface area contributed by atoms with Crippen LogP contribution in [0.2, 0.25) is 5.02 Å². The molecule has 1 aliphatic rings. The number of fused-ring (bicyclic) bond motifs is 3. The average molecular weight is 253 g/mol. The zero-order valence-corrected chi connectivity index (χ0v) is 10.4. The van der Waals surface area contributed by atoms with Crippen LogP contribution in [-0.2, 0) is 12.8 Å². The Kier molecular flexibility index (Phi) is 2.60. The number of H-pyrrole nitrogens is 1. The van der Waals surface area contributed by atoms with Crippen molar-refractivity contribution in [2.75, 3.05) is 20.1 Å². The number of hydrogen-bond donors (Lipinski definition) is 1. The minimum Gasteiger partial charge on any atom is -0.358 e. The summed E-state index contributed by atoms with van der Waals surface area (Å²) in [6.07, 6.45) is 1.95. The monoisotopic (exact) mass is 252 g/mol. The molecule has 0 saturated carbocycles. The van der Waals surface area contributed by atoms with Crippen molar-refractivity contribution in [1.82, 2.24) is 9.88 Å². The first kappa shape index (κ1) is 11.1. The lowest BCUT2D eigenvalue weighted by Gasteiger charge is -2.11. The number of benzene rings is 1. The zero-order chi connectivity index (χ0) is 12.0. The predicted molar refractivity (Wildman–Crippen MR) is 68.2 cm³/mol. The zero-order valence-electron chi connectivity index (χ0n) is 9.69. The molecule has 1 aliphatic heterocycles. The van der Waals surface area contributed by atoms with Gasteiger partial charge in [-0.2, -0.15) is 0 Å². The molecule has 0 atom stereocenters. The smallest absolute Gasteiger partial charge is 0.142 e. The summed E-state index contributed by atoms with van der Waals surface area (Å²) in [5.74, 6) is -0.335. The van der Waals surface area contributed by atoms with Crippen LogP contribution in [-0.4, -0.2) is 30.0 Å². The van der Waals surface area contributed by atoms with E-state index in [0.717, 1.165) is 36.8 Å². The molecule has 2 heterocycles. The maximum absolute atomic E-state index is 13.5. The molecular weight excluding hydrogens is 239 g/mol. The number of halogens is 2. The minimum absolute atomic E-state index is 0.186. The van der Waals surface area contributed by atoms with E-state index in [1.165, 1.54) is 11.3 Å². The Bertz CT molecular complexity index is 576. The van der Waals surface area contributed by atoms with E-state index >= 15 is 0 Å². The lowest BCUT2D eigenvalue weighted by Crippen LogP contribution is -2.21. The van der Waals surface area contributed by atoms with Crippen molar-refractivity contribution < 1.29 is 4.39 Å². The number of hydrogen-bond acceptors (Lipinski definition) is 1. The van der Waals surface area contributed by atoms with Gasteiger partial charge < -0.3 is 9.88 Å². The van der Waals surface area contributed by atoms with Crippen molar-refractivity contribution in [3.63, 3.8) is 0 Å². The van der Waals surface area contributed by atoms with Crippen molar-refractivity contribution in [3.05, 3.63) is 34.2 Å². The highest BCUT2D eigenvalue weighted by Gasteiger charge is 2.17. The maximum atomic E-state index is 13.5. The van der Waals surface area contributed by atoms with Crippen LogP contribution in [0.5, 0.6) is 0 Å². The van der Waals surface area contributed by atoms with Gasteiger partial charge in [0.1, 0.15) is 5.82 Å². The lowest BCUT2D eigenvalue weighted by molar-refractivity contribution is 0.352. The fourth-order valence-electron chi connectivity index (χ4n) is 2.52. The van der Waals surface area contributed by atoms with Gasteiger partial charge in [-0.1, -0.05) is 11.6 Å². The van der Waals surface area contributed by atoms with Gasteiger partial charge in [0.25, 0.3) is 0 Å². The lowest BCUT2D eigenvalue weighted by atomic mass is 10.1. The molecule has 17 heavy (non-hydrogen) atoms. The summed E-state index contributed by atoms with van der Waals surface area (Å²) in [4.78, 5) is 5.66. The van der Waals surface area contributed by atoms with E-state index in [-0.39, 0.29) is 10.8 Å². The fraction of sp³-hybridized carbons (Fsp3) is 0.385. The Balaban J connectivity index is 2.18. The molecule has 2 aromatic rings. The Morgan fingerprint density at radius 3 is 2.88 bits per heavy atom. The number of likely N-dealkylation sites (N-methyl/N-ethyl adjacent to an activating group) is 1. The summed E-state index contributed by atoms with van der Waals surface area (Å²) in [5.41, 5.74) is 3.43. The van der Waals surface area contributed by atoms with Crippen LogP contribution < -0.4 is 0 Å². The highest BCUT2D eigenvalue weighted by atomic mass is 35.5. The van der Waals surface area contributed by atoms with Crippen molar-refractivity contribution >= 4 is 22.5 Å². The van der Waals surface area contributed by atoms with Crippen molar-refractivity contribution in [2.24, 2.45) is 0 Å². The molecule has 0 spiro atoms. The first-order valence-corrected chi connectivity index (χ1v) is 6.20. The second-order valence-corrected chi connectivity index (χ2v) is 5.10. The van der Waals surface area contributed by atoms with Crippen molar-refractivity contribution in [3.8, 4) is 0 Å². The SMILES string of the molecule is CN1CCc2[nH]c3cc(Cl)c(F)cc3c2CC1. The van der Waals surface area contributed by atoms with Gasteiger partial charge in [-0.3, -0.25) is 0 Å². The Labute approximate surface area is 104 Å². The molecule has 0 saturated heterocycles. The summed E-state index contributed by atoms with van der Waals surface area (Å²) in [6, 6.07) is 3.24. The van der Waals surface area contributed by atoms with Gasteiger partial charge >= 0.3 is 0 Å². The summed E-state index contributed by atoms with van der Waals surface area (Å²) in [7, 11) is 2.12. The quantitative estimate of drug-likeness (QED) is 0.764. The van der Waals surface area contributed by atoms with Crippen molar-refractivity contribution in [1.29, 1.82) is 0 Å². The molecule has 1 N–H and O–H groups in total. The highest BCUT2D eigenvalue weighted by Crippen LogP contribution is 2.29. The van der Waals surface area contributed by atoms with E-state index in [4.69, 9.17) is 11.6 Å². The second kappa shape index (κ2) is 4.00. The van der Waals surface area contributed by atoms with Crippen LogP contribution in [0.25, 0.3) is 10.9 Å². The molecule has 90 valence electrons. The Hall–Kier alpha value is -1.06. The number of nitrogens with zero attached hydrogens (tertiary/aromatic N) is 1. The topological polar surface area (TPSA) is 19.0 Å². The van der Waals surface area contributed by atoms with E-state index in [0.29, 0.717) is 0 Å². The standard InChI is InChI=1S/C13H14ClFN2/c1-17-4-2-8-9-6-11(15)10(14)7-13(9)16-12(8)3-5-17/h6-7,16H,2-5H2,1H3. The molecule has 2 nitrogen and oxygen atoms in total. The van der Waals surface area contributed by atoms with Gasteiger partial charge in [0, 0.05) is 36.1 Å². The molecule has 0 unspecified atom stereocenters. The van der Waals surface area contributed by atoms with Gasteiger partial charge in [-0.15, -0.1) is 0 Å². The van der Waals surface area contributed by atoms with Gasteiger partial charge in [0.2, 0.25) is 0 Å². The average Bonchev–Trinajstić information content (AvgIpc) is 2.50. The maximum Gasteiger partial charge on any atom is 0.142 e. The van der Waals surface area contributed by atoms with Crippen LogP contribution in [0.15, 0.2) is 12.1 Å². The van der Waals surface area contributed by atoms with Crippen LogP contribution >= 0.6 is 11.6 Å². The number of nitrogens with one attached hydrogen (secondary N) is 1. The molecular formula is C13H14ClFN2. The molecule has 1 aromatic carbocycles. The van der Waals surface area contributed by atoms with E-state index in [2.05, 4.69) is 16.9 Å². The van der Waals surface area contributed by atoms with Gasteiger partial charge in [-0.25, -0.2) is 4.39 Å². The third-order valence-electron chi connectivity index (χ3n) is 3.52. The van der Waals surface area contributed by atoms with Crippen LogP contribution in [0.3, 0.4) is 0 Å². The Morgan fingerprint density at radius 2 is 2.06 bits per heavy atom. The van der Waals surface area contributed by atoms with Gasteiger partial charge in [0.05, 0.1) is 5.02 Å². The Morgan fingerprint density at radius 1 is 1.29 bits per heavy atom. The van der Waals surface area contributed by atoms with E-state index in [1.54, 1.807) is 12.1 Å². The van der Waals surface area contributed by atoms with E-state index in [9.17, 15) is 4.39 Å². The number of aromatic nitrogens is 1. The summed E-state index contributed by atoms with van der Waals surface area (Å²) in [5, 5.41) is 1.17. The highest BCUT2D eigenvalue weighted by molar-refractivity contribution is 6.31. The minimum atomic E-state index is -0.335. The van der Waals surface area contributed by atoms with Gasteiger partial charge in [0.15, 0.2) is 0 Å². The molecule has 1 aromatic heterocycles. The van der Waals surface area contributed by atoms with E-state index < -0.39 is 0 Å². The molecule has 0 bridgehead atoms. The first-order chi connectivity index (χ1) is 8.15. The summed E-state index contributed by atoms with van der Waals surface area (Å²) >= 11 is 5.80. The molecule has 4 heteroatoms. The van der Waals surface area contributed by atoms with Crippen molar-refractivity contribution in [2.45, 2.75) is 12.8 Å². The molecule has 0 amide bonds. The van der Waals surface area contributed by atoms with E-state index in [1.807, 2.05) is 0 Å². The van der Waals surface area contributed by atoms with Crippen LogP contribution in [0, 0.1) is 5.82 Å². The molecule has 3 rings (SSSR count). The predicted octanol–water partition coefficient (Wildman–Crippen LogP) is 2.99. The third-order valence-corrected chi connectivity index (χ3v) is 3.81. The normalized spacial score (nSPS) is 17.1. The molecule has 0 aliphatic carbocycles. The molecule has 0 radical (unpaired) electrons. The summed E-state index contributed by atoms with van der Waals surface area (Å²) in [6.45, 7) is 2.06. The van der Waals surface area contributed by atoms with Gasteiger partial charge in [-0.05, 0) is 31.2 Å². The second-order valence-electron chi connectivity index (χ2n) is 4.70. The van der Waals surface area contributed by atoms with Crippen LogP contribution in [0.1, 0.15) is 11.3 Å². The third kappa shape index (κ3) is 1.83. The molecule has 0 fully saturated rings. The fourth-order valence-corrected chi connectivity index (χ4v) is 2.68.